The van der Waals surface area contributed by atoms with Crippen molar-refractivity contribution in [2.45, 2.75) is 45.3 Å². The van der Waals surface area contributed by atoms with Gasteiger partial charge in [0.1, 0.15) is 6.10 Å². The molecule has 5 heteroatoms. The molecule has 0 saturated carbocycles. The van der Waals surface area contributed by atoms with Crippen LogP contribution in [-0.2, 0) is 14.3 Å². The summed E-state index contributed by atoms with van der Waals surface area (Å²) in [6.07, 6.45) is 2.90. The van der Waals surface area contributed by atoms with Crippen molar-refractivity contribution in [1.82, 2.24) is 4.90 Å². The number of rotatable bonds is 5. The normalized spacial score (nSPS) is 32.8. The number of nitrogens with zero attached hydrogens (tertiary/aromatic N) is 1. The molecule has 0 bridgehead atoms. The molecule has 2 fully saturated rings. The van der Waals surface area contributed by atoms with E-state index < -0.39 is 0 Å². The summed E-state index contributed by atoms with van der Waals surface area (Å²) in [5.41, 5.74) is 5.84. The van der Waals surface area contributed by atoms with Gasteiger partial charge < -0.3 is 20.1 Å². The minimum atomic E-state index is -0.385. The molecule has 2 aliphatic rings. The van der Waals surface area contributed by atoms with Crippen molar-refractivity contribution in [1.29, 1.82) is 0 Å². The lowest BCUT2D eigenvalue weighted by Crippen LogP contribution is -2.40. The third kappa shape index (κ3) is 3.68. The van der Waals surface area contributed by atoms with Crippen LogP contribution in [-0.4, -0.2) is 55.9 Å². The van der Waals surface area contributed by atoms with Crippen LogP contribution in [0.25, 0.3) is 0 Å². The molecule has 110 valence electrons. The molecule has 0 aromatic rings. The summed E-state index contributed by atoms with van der Waals surface area (Å²) >= 11 is 0. The van der Waals surface area contributed by atoms with Crippen LogP contribution in [0.4, 0.5) is 0 Å². The van der Waals surface area contributed by atoms with Crippen molar-refractivity contribution in [3.05, 3.63) is 0 Å². The summed E-state index contributed by atoms with van der Waals surface area (Å²) < 4.78 is 11.1. The second kappa shape index (κ2) is 6.20. The Kier molecular flexibility index (Phi) is 4.81. The maximum absolute atomic E-state index is 12.3. The van der Waals surface area contributed by atoms with E-state index in [-0.39, 0.29) is 23.5 Å². The predicted molar refractivity (Wildman–Crippen MR) is 72.7 cm³/mol. The highest BCUT2D eigenvalue weighted by atomic mass is 16.5. The molecule has 2 aliphatic heterocycles. The van der Waals surface area contributed by atoms with Crippen LogP contribution < -0.4 is 5.73 Å². The summed E-state index contributed by atoms with van der Waals surface area (Å²) in [6.45, 7) is 7.47. The van der Waals surface area contributed by atoms with E-state index in [1.165, 1.54) is 0 Å². The SMILES string of the molecule is CC(OCC1CCCO1)C(=O)N1CCC(C)(CN)C1. The van der Waals surface area contributed by atoms with Crippen LogP contribution in [0.15, 0.2) is 0 Å². The summed E-state index contributed by atoms with van der Waals surface area (Å²) in [6, 6.07) is 0. The third-order valence-electron chi connectivity index (χ3n) is 4.27. The van der Waals surface area contributed by atoms with Crippen molar-refractivity contribution in [2.24, 2.45) is 11.1 Å². The topological polar surface area (TPSA) is 64.8 Å². The average Bonchev–Trinajstić information content (AvgIpc) is 3.05. The Labute approximate surface area is 115 Å². The van der Waals surface area contributed by atoms with Gasteiger partial charge in [-0.1, -0.05) is 6.92 Å². The number of ether oxygens (including phenoxy) is 2. The van der Waals surface area contributed by atoms with Gasteiger partial charge >= 0.3 is 0 Å². The molecule has 5 nitrogen and oxygen atoms in total. The van der Waals surface area contributed by atoms with Gasteiger partial charge in [-0.25, -0.2) is 0 Å². The lowest BCUT2D eigenvalue weighted by molar-refractivity contribution is -0.143. The van der Waals surface area contributed by atoms with Crippen LogP contribution in [0, 0.1) is 5.41 Å². The van der Waals surface area contributed by atoms with E-state index in [0.717, 1.165) is 39.0 Å². The summed E-state index contributed by atoms with van der Waals surface area (Å²) in [5.74, 6) is 0.0789. The molecule has 1 amide bonds. The Morgan fingerprint density at radius 3 is 3.00 bits per heavy atom. The third-order valence-corrected chi connectivity index (χ3v) is 4.27. The zero-order chi connectivity index (χ0) is 13.9. The highest BCUT2D eigenvalue weighted by Crippen LogP contribution is 2.29. The maximum Gasteiger partial charge on any atom is 0.251 e. The summed E-state index contributed by atoms with van der Waals surface area (Å²) in [5, 5.41) is 0. The van der Waals surface area contributed by atoms with Gasteiger partial charge in [0, 0.05) is 19.7 Å². The van der Waals surface area contributed by atoms with E-state index in [2.05, 4.69) is 6.92 Å². The standard InChI is InChI=1S/C14H26N2O3/c1-11(19-8-12-4-3-7-18-12)13(17)16-6-5-14(2,9-15)10-16/h11-12H,3-10,15H2,1-2H3. The highest BCUT2D eigenvalue weighted by molar-refractivity contribution is 5.80. The molecular formula is C14H26N2O3. The van der Waals surface area contributed by atoms with E-state index in [4.69, 9.17) is 15.2 Å². The Bertz CT molecular complexity index is 318. The number of carbonyl (C=O) groups excluding carboxylic acids is 1. The van der Waals surface area contributed by atoms with Crippen molar-refractivity contribution in [3.63, 3.8) is 0 Å². The number of hydrogen-bond donors (Lipinski definition) is 1. The zero-order valence-corrected chi connectivity index (χ0v) is 12.1. The van der Waals surface area contributed by atoms with Gasteiger partial charge in [-0.2, -0.15) is 0 Å². The quantitative estimate of drug-likeness (QED) is 0.801. The summed E-state index contributed by atoms with van der Waals surface area (Å²) in [7, 11) is 0. The number of nitrogens with two attached hydrogens (primary N) is 1. The van der Waals surface area contributed by atoms with Crippen LogP contribution in [0.2, 0.25) is 0 Å². The number of hydrogen-bond acceptors (Lipinski definition) is 4. The van der Waals surface area contributed by atoms with Crippen LogP contribution in [0.1, 0.15) is 33.1 Å². The van der Waals surface area contributed by atoms with Crippen molar-refractivity contribution in [3.8, 4) is 0 Å². The first-order valence-corrected chi connectivity index (χ1v) is 7.26. The second-order valence-electron chi connectivity index (χ2n) is 6.14. The van der Waals surface area contributed by atoms with Gasteiger partial charge in [0.05, 0.1) is 12.7 Å². The molecule has 0 aromatic heterocycles. The average molecular weight is 270 g/mol. The van der Waals surface area contributed by atoms with E-state index >= 15 is 0 Å². The molecular weight excluding hydrogens is 244 g/mol. The first-order valence-electron chi connectivity index (χ1n) is 7.26. The predicted octanol–water partition coefficient (Wildman–Crippen LogP) is 0.768. The van der Waals surface area contributed by atoms with Gasteiger partial charge in [-0.3, -0.25) is 4.79 Å². The molecule has 0 radical (unpaired) electrons. The molecule has 0 spiro atoms. The van der Waals surface area contributed by atoms with Gasteiger partial charge in [0.15, 0.2) is 0 Å². The lowest BCUT2D eigenvalue weighted by Gasteiger charge is -2.25. The Morgan fingerprint density at radius 1 is 1.63 bits per heavy atom. The molecule has 2 rings (SSSR count). The van der Waals surface area contributed by atoms with Crippen LogP contribution in [0.5, 0.6) is 0 Å². The summed E-state index contributed by atoms with van der Waals surface area (Å²) in [4.78, 5) is 14.2. The number of amides is 1. The lowest BCUT2D eigenvalue weighted by atomic mass is 9.90. The van der Waals surface area contributed by atoms with Gasteiger partial charge in [-0.05, 0) is 38.1 Å². The molecule has 0 aliphatic carbocycles. The minimum Gasteiger partial charge on any atom is -0.376 e. The fourth-order valence-corrected chi connectivity index (χ4v) is 2.73. The first kappa shape index (κ1) is 14.8. The highest BCUT2D eigenvalue weighted by Gasteiger charge is 2.36. The van der Waals surface area contributed by atoms with Crippen LogP contribution in [0.3, 0.4) is 0 Å². The van der Waals surface area contributed by atoms with Gasteiger partial charge in [0.25, 0.3) is 5.91 Å². The zero-order valence-electron chi connectivity index (χ0n) is 12.1. The Balaban J connectivity index is 1.76. The number of carbonyl (C=O) groups is 1. The molecule has 2 saturated heterocycles. The monoisotopic (exact) mass is 270 g/mol. The van der Waals surface area contributed by atoms with Crippen LogP contribution >= 0.6 is 0 Å². The van der Waals surface area contributed by atoms with Crippen molar-refractivity contribution < 1.29 is 14.3 Å². The van der Waals surface area contributed by atoms with E-state index in [1.807, 2.05) is 11.8 Å². The maximum atomic E-state index is 12.3. The molecule has 19 heavy (non-hydrogen) atoms. The van der Waals surface area contributed by atoms with Crippen molar-refractivity contribution >= 4 is 5.91 Å². The smallest absolute Gasteiger partial charge is 0.251 e. The van der Waals surface area contributed by atoms with E-state index in [0.29, 0.717) is 13.2 Å². The number of likely N-dealkylation sites (tertiary alicyclic amines) is 1. The fourth-order valence-electron chi connectivity index (χ4n) is 2.73. The molecule has 2 N–H and O–H groups in total. The van der Waals surface area contributed by atoms with E-state index in [9.17, 15) is 4.79 Å². The second-order valence-corrected chi connectivity index (χ2v) is 6.14. The van der Waals surface area contributed by atoms with E-state index in [1.54, 1.807) is 0 Å². The Morgan fingerprint density at radius 2 is 2.42 bits per heavy atom. The Hall–Kier alpha value is -0.650. The van der Waals surface area contributed by atoms with Gasteiger partial charge in [-0.15, -0.1) is 0 Å². The molecule has 0 aromatic carbocycles. The largest absolute Gasteiger partial charge is 0.376 e. The minimum absolute atomic E-state index is 0.0734. The van der Waals surface area contributed by atoms with Gasteiger partial charge in [0.2, 0.25) is 0 Å². The molecule has 3 atom stereocenters. The molecule has 2 heterocycles. The first-order chi connectivity index (χ1) is 9.04. The van der Waals surface area contributed by atoms with Crippen molar-refractivity contribution in [2.75, 3.05) is 32.8 Å². The molecule has 3 unspecified atom stereocenters. The fraction of sp³-hybridized carbons (Fsp3) is 0.929.